The van der Waals surface area contributed by atoms with E-state index in [9.17, 15) is 5.21 Å². The van der Waals surface area contributed by atoms with Crippen molar-refractivity contribution in [1.29, 1.82) is 0 Å². The van der Waals surface area contributed by atoms with E-state index in [0.29, 0.717) is 5.92 Å². The van der Waals surface area contributed by atoms with Gasteiger partial charge in [-0.05, 0) is 98.0 Å². The number of piperidine rings is 1. The molecule has 0 spiro atoms. The predicted octanol–water partition coefficient (Wildman–Crippen LogP) is 7.35. The van der Waals surface area contributed by atoms with Crippen LogP contribution in [0.1, 0.15) is 59.9 Å². The summed E-state index contributed by atoms with van der Waals surface area (Å²) in [6.45, 7) is 6.41. The van der Waals surface area contributed by atoms with Gasteiger partial charge in [0.15, 0.2) is 0 Å². The highest BCUT2D eigenvalue weighted by Gasteiger charge is 2.21. The van der Waals surface area contributed by atoms with Crippen molar-refractivity contribution >= 4 is 30.5 Å². The van der Waals surface area contributed by atoms with E-state index in [0.717, 1.165) is 69.8 Å². The Morgan fingerprint density at radius 2 is 1.39 bits per heavy atom. The zero-order valence-corrected chi connectivity index (χ0v) is 23.8. The third-order valence-corrected chi connectivity index (χ3v) is 7.97. The highest BCUT2D eigenvalue weighted by Crippen LogP contribution is 2.26. The fraction of sp³-hybridized carbons (Fsp3) is 0.406. The van der Waals surface area contributed by atoms with Gasteiger partial charge in [-0.3, -0.25) is 9.80 Å². The molecule has 1 fully saturated rings. The van der Waals surface area contributed by atoms with E-state index >= 15 is 0 Å². The summed E-state index contributed by atoms with van der Waals surface area (Å²) in [7, 11) is 0. The molecular weight excluding hydrogens is 513 g/mol. The minimum atomic E-state index is 0. The van der Waals surface area contributed by atoms with E-state index in [-0.39, 0.29) is 24.8 Å². The van der Waals surface area contributed by atoms with Gasteiger partial charge in [0.25, 0.3) is 0 Å². The molecule has 0 aliphatic carbocycles. The quantitative estimate of drug-likeness (QED) is 0.180. The third kappa shape index (κ3) is 8.31. The normalized spacial score (nSPS) is 17.1. The van der Waals surface area contributed by atoms with Crippen LogP contribution in [0.5, 0.6) is 0 Å². The van der Waals surface area contributed by atoms with Crippen molar-refractivity contribution in [2.24, 2.45) is 11.1 Å². The molecule has 5 rings (SSSR count). The second-order valence-electron chi connectivity index (χ2n) is 10.6. The molecule has 0 bridgehead atoms. The second kappa shape index (κ2) is 15.3. The summed E-state index contributed by atoms with van der Waals surface area (Å²) in [6.07, 6.45) is 6.69. The van der Waals surface area contributed by atoms with Crippen molar-refractivity contribution in [2.75, 3.05) is 19.6 Å². The molecule has 0 aromatic heterocycles. The highest BCUT2D eigenvalue weighted by atomic mass is 35.5. The number of nitrogens with zero attached hydrogens (tertiary/aromatic N) is 3. The smallest absolute Gasteiger partial charge is 0.0868 e. The molecule has 6 heteroatoms. The fourth-order valence-corrected chi connectivity index (χ4v) is 5.85. The first-order valence-electron chi connectivity index (χ1n) is 13.6. The van der Waals surface area contributed by atoms with Crippen LogP contribution in [0.2, 0.25) is 0 Å². The van der Waals surface area contributed by atoms with Gasteiger partial charge in [0.2, 0.25) is 0 Å². The number of rotatable bonds is 8. The first-order chi connectivity index (χ1) is 17.8. The fourth-order valence-electron chi connectivity index (χ4n) is 5.85. The molecule has 0 radical (unpaired) electrons. The van der Waals surface area contributed by atoms with Gasteiger partial charge in [-0.2, -0.15) is 0 Å². The van der Waals surface area contributed by atoms with Crippen LogP contribution in [-0.4, -0.2) is 40.4 Å². The standard InChI is InChI=1S/C32H39N3O.2ClH/c36-33-32(16-13-26-17-20-34(21-18-26)23-27-8-3-1-4-9-27)30-15-14-29-12-7-19-35(25-31(29)22-30)24-28-10-5-2-6-11-28;;/h1-6,8-11,14-15,22,26,36H,7,12-13,16-21,23-25H2;2*1H/b33-32+;;. The molecule has 0 unspecified atom stereocenters. The Morgan fingerprint density at radius 1 is 0.763 bits per heavy atom. The molecule has 2 aliphatic heterocycles. The summed E-state index contributed by atoms with van der Waals surface area (Å²) in [5, 5.41) is 13.7. The number of fused-ring (bicyclic) bond motifs is 1. The van der Waals surface area contributed by atoms with Gasteiger partial charge in [0.1, 0.15) is 0 Å². The molecule has 4 nitrogen and oxygen atoms in total. The Labute approximate surface area is 240 Å². The Balaban J connectivity index is 0.00000200. The van der Waals surface area contributed by atoms with E-state index in [1.165, 1.54) is 41.5 Å². The molecule has 204 valence electrons. The minimum Gasteiger partial charge on any atom is -0.411 e. The van der Waals surface area contributed by atoms with Crippen molar-refractivity contribution in [3.63, 3.8) is 0 Å². The number of hydrogen-bond acceptors (Lipinski definition) is 4. The summed E-state index contributed by atoms with van der Waals surface area (Å²) in [5.74, 6) is 0.705. The number of hydrogen-bond donors (Lipinski definition) is 1. The lowest BCUT2D eigenvalue weighted by atomic mass is 9.89. The molecule has 3 aromatic carbocycles. The number of benzene rings is 3. The molecule has 2 heterocycles. The van der Waals surface area contributed by atoms with Gasteiger partial charge in [-0.15, -0.1) is 24.8 Å². The van der Waals surface area contributed by atoms with Gasteiger partial charge in [0, 0.05) is 19.6 Å². The average Bonchev–Trinajstić information content (AvgIpc) is 3.12. The lowest BCUT2D eigenvalue weighted by molar-refractivity contribution is 0.173. The van der Waals surface area contributed by atoms with E-state index in [4.69, 9.17) is 0 Å². The molecule has 0 atom stereocenters. The van der Waals surface area contributed by atoms with Crippen LogP contribution < -0.4 is 0 Å². The first kappa shape index (κ1) is 30.2. The Morgan fingerprint density at radius 3 is 2.03 bits per heavy atom. The zero-order valence-electron chi connectivity index (χ0n) is 22.2. The van der Waals surface area contributed by atoms with Gasteiger partial charge in [0.05, 0.1) is 5.71 Å². The lowest BCUT2D eigenvalue weighted by Crippen LogP contribution is -2.33. The third-order valence-electron chi connectivity index (χ3n) is 7.97. The molecule has 3 aromatic rings. The van der Waals surface area contributed by atoms with Crippen molar-refractivity contribution < 1.29 is 5.21 Å². The van der Waals surface area contributed by atoms with E-state index < -0.39 is 0 Å². The van der Waals surface area contributed by atoms with E-state index in [1.54, 1.807) is 0 Å². The van der Waals surface area contributed by atoms with Gasteiger partial charge >= 0.3 is 0 Å². The largest absolute Gasteiger partial charge is 0.411 e. The number of oxime groups is 1. The molecule has 0 saturated carbocycles. The van der Waals surface area contributed by atoms with Crippen molar-refractivity contribution in [2.45, 2.75) is 58.2 Å². The van der Waals surface area contributed by atoms with Crippen LogP contribution in [0.25, 0.3) is 0 Å². The molecule has 38 heavy (non-hydrogen) atoms. The minimum absolute atomic E-state index is 0. The Kier molecular flexibility index (Phi) is 12.1. The molecule has 2 aliphatic rings. The number of likely N-dealkylation sites (tertiary alicyclic amines) is 1. The maximum atomic E-state index is 9.89. The Bertz CT molecular complexity index is 1130. The summed E-state index contributed by atoms with van der Waals surface area (Å²) in [6, 6.07) is 28.3. The number of aryl methyl sites for hydroxylation is 1. The van der Waals surface area contributed by atoms with E-state index in [1.807, 2.05) is 0 Å². The molecule has 1 N–H and O–H groups in total. The molecule has 0 amide bonds. The second-order valence-corrected chi connectivity index (χ2v) is 10.6. The summed E-state index contributed by atoms with van der Waals surface area (Å²) in [5.41, 5.74) is 7.51. The maximum Gasteiger partial charge on any atom is 0.0868 e. The van der Waals surface area contributed by atoms with Crippen molar-refractivity contribution in [3.8, 4) is 0 Å². The SMILES string of the molecule is Cl.Cl.O/N=C(\CCC1CCN(Cc2ccccc2)CC1)c1ccc2c(c1)CN(Cc1ccccc1)CCC2. The zero-order chi connectivity index (χ0) is 24.6. The van der Waals surface area contributed by atoms with Crippen LogP contribution in [0.4, 0.5) is 0 Å². The van der Waals surface area contributed by atoms with Gasteiger partial charge in [-0.25, -0.2) is 0 Å². The summed E-state index contributed by atoms with van der Waals surface area (Å²) >= 11 is 0. The monoisotopic (exact) mass is 553 g/mol. The van der Waals surface area contributed by atoms with Crippen molar-refractivity contribution in [1.82, 2.24) is 9.80 Å². The van der Waals surface area contributed by atoms with Crippen molar-refractivity contribution in [3.05, 3.63) is 107 Å². The highest BCUT2D eigenvalue weighted by molar-refractivity contribution is 6.00. The first-order valence-corrected chi connectivity index (χ1v) is 13.6. The molecular formula is C32H41Cl2N3O. The Hall–Kier alpha value is -2.37. The molecule has 1 saturated heterocycles. The number of halogens is 2. The van der Waals surface area contributed by atoms with Crippen LogP contribution >= 0.6 is 24.8 Å². The van der Waals surface area contributed by atoms with E-state index in [2.05, 4.69) is 93.8 Å². The van der Waals surface area contributed by atoms with Crippen LogP contribution in [0.15, 0.2) is 84.0 Å². The summed E-state index contributed by atoms with van der Waals surface area (Å²) in [4.78, 5) is 5.12. The predicted molar refractivity (Wildman–Crippen MR) is 162 cm³/mol. The average molecular weight is 555 g/mol. The van der Waals surface area contributed by atoms with Crippen LogP contribution in [-0.2, 0) is 26.1 Å². The van der Waals surface area contributed by atoms with Gasteiger partial charge < -0.3 is 5.21 Å². The van der Waals surface area contributed by atoms with Crippen LogP contribution in [0.3, 0.4) is 0 Å². The summed E-state index contributed by atoms with van der Waals surface area (Å²) < 4.78 is 0. The maximum absolute atomic E-state index is 9.89. The van der Waals surface area contributed by atoms with Crippen LogP contribution in [0, 0.1) is 5.92 Å². The topological polar surface area (TPSA) is 39.1 Å². The van der Waals surface area contributed by atoms with Gasteiger partial charge in [-0.1, -0.05) is 78.0 Å². The lowest BCUT2D eigenvalue weighted by Gasteiger charge is -2.32.